The summed E-state index contributed by atoms with van der Waals surface area (Å²) in [4.78, 5) is 12.7. The predicted molar refractivity (Wildman–Crippen MR) is 116 cm³/mol. The number of hydrogen-bond donors (Lipinski definition) is 1. The standard InChI is InChI=1S/C25H23N3O.BrH/c1-18-8-10-22(11-9-18)24(29)17-28-16-23(27(2)25(28)26)21-14-12-20(13-15-21)19-6-4-3-5-7-19;/h3-16,26H,17H2,1-2H3;1H. The number of carbonyl (C=O) groups excluding carboxylic acids is 1. The first kappa shape index (κ1) is 21.5. The molecule has 0 fully saturated rings. The largest absolute Gasteiger partial charge is 1.00 e. The number of aromatic nitrogens is 2. The van der Waals surface area contributed by atoms with E-state index in [4.69, 9.17) is 5.73 Å². The quantitative estimate of drug-likeness (QED) is 0.361. The number of imidazole rings is 1. The lowest BCUT2D eigenvalue weighted by Crippen LogP contribution is -3.00. The number of nitrogens with two attached hydrogens (primary N) is 1. The van der Waals surface area contributed by atoms with E-state index in [0.717, 1.165) is 16.8 Å². The van der Waals surface area contributed by atoms with Crippen molar-refractivity contribution in [3.8, 4) is 22.4 Å². The zero-order valence-corrected chi connectivity index (χ0v) is 18.6. The van der Waals surface area contributed by atoms with Crippen molar-refractivity contribution in [1.29, 1.82) is 0 Å². The average molecular weight is 462 g/mol. The second-order valence-electron chi connectivity index (χ2n) is 7.29. The molecule has 0 aliphatic carbocycles. The van der Waals surface area contributed by atoms with Crippen LogP contribution in [0.25, 0.3) is 22.4 Å². The summed E-state index contributed by atoms with van der Waals surface area (Å²) in [5, 5.41) is 0. The van der Waals surface area contributed by atoms with Crippen LogP contribution in [0.15, 0.2) is 85.1 Å². The molecule has 0 bridgehead atoms. The monoisotopic (exact) mass is 461 g/mol. The Morgan fingerprint density at radius 3 is 2.07 bits per heavy atom. The minimum absolute atomic E-state index is 0. The molecule has 1 heterocycles. The number of hydrogen-bond acceptors (Lipinski definition) is 2. The molecule has 0 amide bonds. The summed E-state index contributed by atoms with van der Waals surface area (Å²) in [5.74, 6) is 0.589. The van der Waals surface area contributed by atoms with E-state index in [9.17, 15) is 4.79 Å². The Bertz CT molecular complexity index is 1150. The second kappa shape index (κ2) is 9.09. The molecule has 4 rings (SSSR count). The minimum atomic E-state index is 0. The fourth-order valence-corrected chi connectivity index (χ4v) is 3.46. The van der Waals surface area contributed by atoms with Gasteiger partial charge in [0.15, 0.2) is 5.78 Å². The first-order valence-electron chi connectivity index (χ1n) is 9.63. The fourth-order valence-electron chi connectivity index (χ4n) is 3.46. The van der Waals surface area contributed by atoms with Gasteiger partial charge in [-0.05, 0) is 18.1 Å². The van der Waals surface area contributed by atoms with Gasteiger partial charge in [-0.25, -0.2) is 9.13 Å². The topological polar surface area (TPSA) is 51.9 Å². The Kier molecular flexibility index (Phi) is 6.53. The van der Waals surface area contributed by atoms with Crippen LogP contribution in [0.3, 0.4) is 0 Å². The van der Waals surface area contributed by atoms with Crippen molar-refractivity contribution < 1.29 is 26.3 Å². The van der Waals surface area contributed by atoms with Gasteiger partial charge in [-0.3, -0.25) is 10.5 Å². The average Bonchev–Trinajstić information content (AvgIpc) is 3.03. The highest BCUT2D eigenvalue weighted by Gasteiger charge is 2.20. The first-order chi connectivity index (χ1) is 14.0. The molecule has 1 aromatic heterocycles. The van der Waals surface area contributed by atoms with Crippen LogP contribution >= 0.6 is 0 Å². The highest BCUT2D eigenvalue weighted by Crippen LogP contribution is 2.25. The van der Waals surface area contributed by atoms with Crippen molar-refractivity contribution in [2.45, 2.75) is 13.5 Å². The maximum Gasteiger partial charge on any atom is 0.355 e. The lowest BCUT2D eigenvalue weighted by atomic mass is 10.0. The van der Waals surface area contributed by atoms with E-state index in [1.54, 1.807) is 0 Å². The summed E-state index contributed by atoms with van der Waals surface area (Å²) < 4.78 is 3.72. The molecule has 4 nitrogen and oxygen atoms in total. The SMILES string of the molecule is Cc1ccc(C(=O)C[n+]2cc(-c3ccc(-c4ccccc4)cc3)n(C)c2N)cc1.[Br-]. The molecular weight excluding hydrogens is 438 g/mol. The highest BCUT2D eigenvalue weighted by atomic mass is 79.9. The number of nitrogens with zero attached hydrogens (tertiary/aromatic N) is 2. The normalized spacial score (nSPS) is 10.5. The number of halogens is 1. The third kappa shape index (κ3) is 4.36. The summed E-state index contributed by atoms with van der Waals surface area (Å²) in [6.07, 6.45) is 1.94. The van der Waals surface area contributed by atoms with Crippen LogP contribution < -0.4 is 27.3 Å². The van der Waals surface area contributed by atoms with E-state index in [1.165, 1.54) is 11.1 Å². The minimum Gasteiger partial charge on any atom is -1.00 e. The number of ketones is 1. The van der Waals surface area contributed by atoms with E-state index in [0.29, 0.717) is 11.5 Å². The number of aryl methyl sites for hydroxylation is 1. The maximum absolute atomic E-state index is 12.7. The van der Waals surface area contributed by atoms with Crippen molar-refractivity contribution in [2.75, 3.05) is 5.73 Å². The number of nitrogen functional groups attached to an aromatic ring is 1. The number of rotatable bonds is 5. The van der Waals surface area contributed by atoms with Crippen molar-refractivity contribution >= 4 is 11.7 Å². The summed E-state index contributed by atoms with van der Waals surface area (Å²) in [5.41, 5.74) is 12.5. The molecule has 0 atom stereocenters. The van der Waals surface area contributed by atoms with E-state index in [-0.39, 0.29) is 29.3 Å². The Morgan fingerprint density at radius 1 is 0.867 bits per heavy atom. The molecular formula is C25H24BrN3O. The predicted octanol–water partition coefficient (Wildman–Crippen LogP) is 1.42. The molecule has 0 saturated heterocycles. The molecule has 152 valence electrons. The van der Waals surface area contributed by atoms with Crippen molar-refractivity contribution in [3.05, 3.63) is 96.2 Å². The number of anilines is 1. The molecule has 0 saturated carbocycles. The third-order valence-electron chi connectivity index (χ3n) is 5.25. The van der Waals surface area contributed by atoms with Crippen molar-refractivity contribution in [3.63, 3.8) is 0 Å². The van der Waals surface area contributed by atoms with Crippen LogP contribution in [0.4, 0.5) is 5.95 Å². The van der Waals surface area contributed by atoms with Crippen LogP contribution in [0.5, 0.6) is 0 Å². The van der Waals surface area contributed by atoms with Gasteiger partial charge in [-0.1, -0.05) is 84.4 Å². The Morgan fingerprint density at radius 2 is 1.43 bits per heavy atom. The van der Waals surface area contributed by atoms with Crippen LogP contribution in [0.1, 0.15) is 15.9 Å². The molecule has 3 aromatic carbocycles. The van der Waals surface area contributed by atoms with E-state index < -0.39 is 0 Å². The first-order valence-corrected chi connectivity index (χ1v) is 9.63. The highest BCUT2D eigenvalue weighted by molar-refractivity contribution is 5.95. The van der Waals surface area contributed by atoms with Gasteiger partial charge in [-0.15, -0.1) is 0 Å². The van der Waals surface area contributed by atoms with Crippen molar-refractivity contribution in [1.82, 2.24) is 4.57 Å². The summed E-state index contributed by atoms with van der Waals surface area (Å²) in [6.45, 7) is 2.22. The van der Waals surface area contributed by atoms with Gasteiger partial charge < -0.3 is 17.0 Å². The number of carbonyl (C=O) groups is 1. The summed E-state index contributed by atoms with van der Waals surface area (Å²) >= 11 is 0. The lowest BCUT2D eigenvalue weighted by molar-refractivity contribution is -0.667. The molecule has 0 aliphatic heterocycles. The van der Waals surface area contributed by atoms with Gasteiger partial charge in [0, 0.05) is 11.1 Å². The summed E-state index contributed by atoms with van der Waals surface area (Å²) in [7, 11) is 1.92. The smallest absolute Gasteiger partial charge is 0.355 e. The van der Waals surface area contributed by atoms with E-state index >= 15 is 0 Å². The fraction of sp³-hybridized carbons (Fsp3) is 0.120. The van der Waals surface area contributed by atoms with Gasteiger partial charge in [0.1, 0.15) is 18.4 Å². The summed E-state index contributed by atoms with van der Waals surface area (Å²) in [6, 6.07) is 26.3. The lowest BCUT2D eigenvalue weighted by Gasteiger charge is -2.03. The van der Waals surface area contributed by atoms with Gasteiger partial charge in [0.2, 0.25) is 0 Å². The number of Topliss-reactive ketones (excluding diaryl/α,β-unsaturated/α-hetero) is 1. The van der Waals surface area contributed by atoms with Gasteiger partial charge in [0.25, 0.3) is 0 Å². The van der Waals surface area contributed by atoms with Crippen LogP contribution in [-0.4, -0.2) is 10.4 Å². The maximum atomic E-state index is 12.7. The molecule has 4 aromatic rings. The Hall–Kier alpha value is -3.18. The molecule has 0 unspecified atom stereocenters. The molecule has 0 radical (unpaired) electrons. The number of benzene rings is 3. The van der Waals surface area contributed by atoms with Crippen LogP contribution in [-0.2, 0) is 13.6 Å². The molecule has 30 heavy (non-hydrogen) atoms. The van der Waals surface area contributed by atoms with Gasteiger partial charge in [0.05, 0.1) is 7.05 Å². The Labute approximate surface area is 187 Å². The zero-order valence-electron chi connectivity index (χ0n) is 17.0. The van der Waals surface area contributed by atoms with Crippen LogP contribution in [0, 0.1) is 6.92 Å². The van der Waals surface area contributed by atoms with E-state index in [2.05, 4.69) is 36.4 Å². The van der Waals surface area contributed by atoms with Gasteiger partial charge in [-0.2, -0.15) is 0 Å². The molecule has 5 heteroatoms. The molecule has 0 spiro atoms. The van der Waals surface area contributed by atoms with Crippen LogP contribution in [0.2, 0.25) is 0 Å². The molecule has 0 aliphatic rings. The molecule has 2 N–H and O–H groups in total. The van der Waals surface area contributed by atoms with E-state index in [1.807, 2.05) is 71.8 Å². The van der Waals surface area contributed by atoms with Crippen molar-refractivity contribution in [2.24, 2.45) is 7.05 Å². The zero-order chi connectivity index (χ0) is 20.4. The van der Waals surface area contributed by atoms with Gasteiger partial charge >= 0.3 is 5.95 Å². The third-order valence-corrected chi connectivity index (χ3v) is 5.25. The Balaban J connectivity index is 0.00000256. The second-order valence-corrected chi connectivity index (χ2v) is 7.29.